The van der Waals surface area contributed by atoms with E-state index in [4.69, 9.17) is 9.47 Å². The number of hydrogen-bond donors (Lipinski definition) is 1. The number of amides is 4. The van der Waals surface area contributed by atoms with Gasteiger partial charge >= 0.3 is 6.03 Å². The number of nitrogens with zero attached hydrogens (tertiary/aromatic N) is 2. The minimum atomic E-state index is -1.20. The topological polar surface area (TPSA) is 88.2 Å². The first-order chi connectivity index (χ1) is 13.7. The van der Waals surface area contributed by atoms with Crippen LogP contribution in [0.2, 0.25) is 0 Å². The van der Waals surface area contributed by atoms with E-state index in [0.717, 1.165) is 10.5 Å². The van der Waals surface area contributed by atoms with Gasteiger partial charge in [0.1, 0.15) is 12.1 Å². The molecule has 4 amide bonds. The van der Waals surface area contributed by atoms with E-state index in [-0.39, 0.29) is 12.5 Å². The van der Waals surface area contributed by atoms with Gasteiger partial charge in [-0.15, -0.1) is 0 Å². The van der Waals surface area contributed by atoms with Gasteiger partial charge in [0.15, 0.2) is 0 Å². The van der Waals surface area contributed by atoms with Gasteiger partial charge in [-0.1, -0.05) is 38.1 Å². The Hall–Kier alpha value is -2.45. The third-order valence-corrected chi connectivity index (χ3v) is 5.21. The summed E-state index contributed by atoms with van der Waals surface area (Å²) < 4.78 is 10.1. The molecule has 1 aliphatic heterocycles. The predicted molar refractivity (Wildman–Crippen MR) is 108 cm³/mol. The minimum Gasteiger partial charge on any atom is -0.383 e. The molecule has 1 atom stereocenters. The lowest BCUT2D eigenvalue weighted by molar-refractivity contribution is -0.139. The van der Waals surface area contributed by atoms with E-state index >= 15 is 0 Å². The summed E-state index contributed by atoms with van der Waals surface area (Å²) in [7, 11) is 3.10. The minimum absolute atomic E-state index is 0.322. The molecule has 0 unspecified atom stereocenters. The van der Waals surface area contributed by atoms with E-state index < -0.39 is 17.5 Å². The maximum absolute atomic E-state index is 13.1. The highest BCUT2D eigenvalue weighted by Crippen LogP contribution is 2.30. The summed E-state index contributed by atoms with van der Waals surface area (Å²) in [6.07, 6.45) is 0. The second kappa shape index (κ2) is 9.84. The molecule has 1 heterocycles. The van der Waals surface area contributed by atoms with Crippen LogP contribution in [-0.2, 0) is 24.6 Å². The summed E-state index contributed by atoms with van der Waals surface area (Å²) in [6.45, 7) is 6.95. The van der Waals surface area contributed by atoms with Crippen molar-refractivity contribution < 1.29 is 23.9 Å². The Morgan fingerprint density at radius 3 is 2.14 bits per heavy atom. The third kappa shape index (κ3) is 5.13. The molecule has 160 valence electrons. The molecule has 1 aliphatic rings. The van der Waals surface area contributed by atoms with Gasteiger partial charge in [0.2, 0.25) is 5.91 Å². The molecule has 2 rings (SSSR count). The summed E-state index contributed by atoms with van der Waals surface area (Å²) in [5.41, 5.74) is 0.635. The number of nitrogens with one attached hydrogen (secondary N) is 1. The Labute approximate surface area is 172 Å². The van der Waals surface area contributed by atoms with E-state index in [1.54, 1.807) is 21.1 Å². The predicted octanol–water partition coefficient (Wildman–Crippen LogP) is 1.70. The van der Waals surface area contributed by atoms with Gasteiger partial charge in [0, 0.05) is 27.3 Å². The number of carbonyl (C=O) groups is 3. The third-order valence-electron chi connectivity index (χ3n) is 5.21. The van der Waals surface area contributed by atoms with Crippen LogP contribution in [0.3, 0.4) is 0 Å². The van der Waals surface area contributed by atoms with Crippen LogP contribution < -0.4 is 5.32 Å². The van der Waals surface area contributed by atoms with Crippen LogP contribution in [0.4, 0.5) is 4.79 Å². The Balaban J connectivity index is 2.15. The fraction of sp³-hybridized carbons (Fsp3) is 0.571. The van der Waals surface area contributed by atoms with Crippen molar-refractivity contribution >= 4 is 17.8 Å². The molecule has 1 aromatic rings. The summed E-state index contributed by atoms with van der Waals surface area (Å²) in [6, 6.07) is 7.04. The summed E-state index contributed by atoms with van der Waals surface area (Å²) in [5.74, 6) is -0.404. The number of urea groups is 1. The van der Waals surface area contributed by atoms with E-state index in [0.29, 0.717) is 37.8 Å². The average molecular weight is 405 g/mol. The standard InChI is InChI=1S/C21H31N3O5/c1-15(2)16-6-8-17(9-7-16)21(3)19(26)24(20(27)22-21)14-18(25)23(10-12-28-4)11-13-29-5/h6-9,15H,10-14H2,1-5H3,(H,22,27)/t21-/m1/s1. The van der Waals surface area contributed by atoms with Crippen molar-refractivity contribution in [2.75, 3.05) is 47.1 Å². The molecule has 8 heteroatoms. The van der Waals surface area contributed by atoms with Crippen LogP contribution >= 0.6 is 0 Å². The quantitative estimate of drug-likeness (QED) is 0.599. The molecule has 8 nitrogen and oxygen atoms in total. The van der Waals surface area contributed by atoms with Crippen molar-refractivity contribution in [3.8, 4) is 0 Å². The molecule has 0 saturated carbocycles. The first kappa shape index (κ1) is 22.8. The van der Waals surface area contributed by atoms with Gasteiger partial charge in [-0.05, 0) is 24.0 Å². The van der Waals surface area contributed by atoms with Crippen LogP contribution in [0.15, 0.2) is 24.3 Å². The van der Waals surface area contributed by atoms with Gasteiger partial charge in [-0.2, -0.15) is 0 Å². The number of hydrogen-bond acceptors (Lipinski definition) is 5. The van der Waals surface area contributed by atoms with Gasteiger partial charge < -0.3 is 19.7 Å². The zero-order valence-electron chi connectivity index (χ0n) is 17.9. The monoisotopic (exact) mass is 405 g/mol. The van der Waals surface area contributed by atoms with E-state index in [1.807, 2.05) is 24.3 Å². The molecule has 1 aromatic carbocycles. The molecule has 0 bridgehead atoms. The van der Waals surface area contributed by atoms with E-state index in [2.05, 4.69) is 19.2 Å². The molecule has 0 radical (unpaired) electrons. The number of ether oxygens (including phenoxy) is 2. The first-order valence-corrected chi connectivity index (χ1v) is 9.74. The highest BCUT2D eigenvalue weighted by Gasteiger charge is 2.49. The summed E-state index contributed by atoms with van der Waals surface area (Å²) in [4.78, 5) is 40.8. The van der Waals surface area contributed by atoms with Crippen molar-refractivity contribution in [3.05, 3.63) is 35.4 Å². The van der Waals surface area contributed by atoms with Crippen LogP contribution in [0.1, 0.15) is 37.8 Å². The maximum Gasteiger partial charge on any atom is 0.325 e. The average Bonchev–Trinajstić information content (AvgIpc) is 2.92. The molecule has 1 N–H and O–H groups in total. The Bertz CT molecular complexity index is 726. The number of rotatable bonds is 10. The largest absolute Gasteiger partial charge is 0.383 e. The molecular formula is C21H31N3O5. The van der Waals surface area contributed by atoms with E-state index in [9.17, 15) is 14.4 Å². The maximum atomic E-state index is 13.1. The molecule has 0 spiro atoms. The Kier molecular flexibility index (Phi) is 7.75. The number of methoxy groups -OCH3 is 2. The normalized spacial score (nSPS) is 19.0. The first-order valence-electron chi connectivity index (χ1n) is 9.74. The number of benzene rings is 1. The summed E-state index contributed by atoms with van der Waals surface area (Å²) in [5, 5.41) is 2.74. The molecule has 1 saturated heterocycles. The zero-order chi connectivity index (χ0) is 21.6. The van der Waals surface area contributed by atoms with Crippen molar-refractivity contribution in [3.63, 3.8) is 0 Å². The second-order valence-electron chi connectivity index (χ2n) is 7.59. The van der Waals surface area contributed by atoms with Gasteiger partial charge in [-0.25, -0.2) is 4.79 Å². The fourth-order valence-corrected chi connectivity index (χ4v) is 3.24. The van der Waals surface area contributed by atoms with Gasteiger partial charge in [0.05, 0.1) is 13.2 Å². The number of imide groups is 1. The fourth-order valence-electron chi connectivity index (χ4n) is 3.24. The second-order valence-corrected chi connectivity index (χ2v) is 7.59. The molecule has 0 aromatic heterocycles. The van der Waals surface area contributed by atoms with Gasteiger partial charge in [0.25, 0.3) is 5.91 Å². The van der Waals surface area contributed by atoms with Crippen LogP contribution in [0.25, 0.3) is 0 Å². The van der Waals surface area contributed by atoms with Crippen molar-refractivity contribution in [1.29, 1.82) is 0 Å². The lowest BCUT2D eigenvalue weighted by Gasteiger charge is -2.25. The van der Waals surface area contributed by atoms with Crippen LogP contribution in [-0.4, -0.2) is 74.7 Å². The van der Waals surface area contributed by atoms with Crippen LogP contribution in [0, 0.1) is 0 Å². The SMILES string of the molecule is COCCN(CCOC)C(=O)CN1C(=O)N[C@](C)(c2ccc(C(C)C)cc2)C1=O. The lowest BCUT2D eigenvalue weighted by atomic mass is 9.90. The Morgan fingerprint density at radius 2 is 1.66 bits per heavy atom. The number of carbonyl (C=O) groups excluding carboxylic acids is 3. The zero-order valence-corrected chi connectivity index (χ0v) is 17.9. The van der Waals surface area contributed by atoms with E-state index in [1.165, 1.54) is 4.90 Å². The van der Waals surface area contributed by atoms with Crippen molar-refractivity contribution in [2.45, 2.75) is 32.2 Å². The highest BCUT2D eigenvalue weighted by atomic mass is 16.5. The Morgan fingerprint density at radius 1 is 1.10 bits per heavy atom. The van der Waals surface area contributed by atoms with Crippen LogP contribution in [0.5, 0.6) is 0 Å². The molecule has 1 fully saturated rings. The van der Waals surface area contributed by atoms with Crippen molar-refractivity contribution in [2.24, 2.45) is 0 Å². The molecule has 0 aliphatic carbocycles. The lowest BCUT2D eigenvalue weighted by Crippen LogP contribution is -2.46. The molecular weight excluding hydrogens is 374 g/mol. The smallest absolute Gasteiger partial charge is 0.325 e. The van der Waals surface area contributed by atoms with Gasteiger partial charge in [-0.3, -0.25) is 14.5 Å². The summed E-state index contributed by atoms with van der Waals surface area (Å²) >= 11 is 0. The van der Waals surface area contributed by atoms with Crippen molar-refractivity contribution in [1.82, 2.24) is 15.1 Å². The molecule has 29 heavy (non-hydrogen) atoms. The highest BCUT2D eigenvalue weighted by molar-refractivity contribution is 6.09.